The summed E-state index contributed by atoms with van der Waals surface area (Å²) in [6.07, 6.45) is 7.06. The van der Waals surface area contributed by atoms with E-state index in [1.54, 1.807) is 7.05 Å². The van der Waals surface area contributed by atoms with Crippen LogP contribution in [0.1, 0.15) is 78.2 Å². The predicted molar refractivity (Wildman–Crippen MR) is 97.7 cm³/mol. The molecular weight excluding hydrogens is 328 g/mol. The van der Waals surface area contributed by atoms with Crippen LogP contribution in [-0.2, 0) is 6.54 Å². The molecule has 1 saturated heterocycles. The first kappa shape index (κ1) is 17.2. The highest BCUT2D eigenvalue weighted by Crippen LogP contribution is 2.38. The Labute approximate surface area is 154 Å². The Bertz CT molecular complexity index is 751. The number of carbonyl (C=O) groups excluding carboxylic acids is 1. The van der Waals surface area contributed by atoms with E-state index in [-0.39, 0.29) is 11.9 Å². The van der Waals surface area contributed by atoms with Crippen molar-refractivity contribution in [1.29, 1.82) is 0 Å². The quantitative estimate of drug-likeness (QED) is 0.891. The number of nitrogens with one attached hydrogen (secondary N) is 1. The molecule has 1 aromatic heterocycles. The number of likely N-dealkylation sites (tertiary alicyclic amines) is 1. The van der Waals surface area contributed by atoms with Gasteiger partial charge in [0.15, 0.2) is 0 Å². The van der Waals surface area contributed by atoms with E-state index in [0.29, 0.717) is 11.5 Å². The maximum absolute atomic E-state index is 11.7. The molecule has 4 rings (SSSR count). The van der Waals surface area contributed by atoms with E-state index in [1.807, 2.05) is 24.3 Å². The first-order chi connectivity index (χ1) is 12.7. The SMILES string of the molecule is CNC(=O)c1ccc(CN2CCCC[C@@H]2c2nnc(C3CCC3)o2)cc1. The minimum absolute atomic E-state index is 0.0539. The van der Waals surface area contributed by atoms with Crippen LogP contribution >= 0.6 is 0 Å². The van der Waals surface area contributed by atoms with Crippen LogP contribution in [-0.4, -0.2) is 34.6 Å². The monoisotopic (exact) mass is 354 g/mol. The summed E-state index contributed by atoms with van der Waals surface area (Å²) >= 11 is 0. The molecule has 2 aromatic rings. The summed E-state index contributed by atoms with van der Waals surface area (Å²) < 4.78 is 6.04. The molecule has 1 N–H and O–H groups in total. The molecule has 1 saturated carbocycles. The molecule has 0 radical (unpaired) electrons. The molecule has 138 valence electrons. The Morgan fingerprint density at radius 1 is 1.12 bits per heavy atom. The average molecular weight is 354 g/mol. The van der Waals surface area contributed by atoms with Gasteiger partial charge in [-0.1, -0.05) is 25.0 Å². The van der Waals surface area contributed by atoms with Gasteiger partial charge >= 0.3 is 0 Å². The summed E-state index contributed by atoms with van der Waals surface area (Å²) in [5.74, 6) is 2.02. The molecule has 0 bridgehead atoms. The molecule has 0 spiro atoms. The highest BCUT2D eigenvalue weighted by atomic mass is 16.4. The summed E-state index contributed by atoms with van der Waals surface area (Å²) in [5.41, 5.74) is 1.89. The maximum Gasteiger partial charge on any atom is 0.251 e. The molecule has 1 aliphatic carbocycles. The second-order valence-corrected chi connectivity index (χ2v) is 7.36. The standard InChI is InChI=1S/C20H26N4O2/c1-21-18(25)15-10-8-14(9-11-15)13-24-12-3-2-7-17(24)20-23-22-19(26-20)16-5-4-6-16/h8-11,16-17H,2-7,12-13H2,1H3,(H,21,25)/t17-/m1/s1. The van der Waals surface area contributed by atoms with Gasteiger partial charge in [0.25, 0.3) is 5.91 Å². The highest BCUT2D eigenvalue weighted by molar-refractivity contribution is 5.93. The van der Waals surface area contributed by atoms with Crippen LogP contribution in [0, 0.1) is 0 Å². The van der Waals surface area contributed by atoms with Gasteiger partial charge < -0.3 is 9.73 Å². The van der Waals surface area contributed by atoms with Gasteiger partial charge in [-0.15, -0.1) is 10.2 Å². The molecule has 1 aliphatic heterocycles. The molecule has 26 heavy (non-hydrogen) atoms. The van der Waals surface area contributed by atoms with Gasteiger partial charge in [-0.05, 0) is 49.9 Å². The van der Waals surface area contributed by atoms with Crippen LogP contribution < -0.4 is 5.32 Å². The van der Waals surface area contributed by atoms with E-state index in [4.69, 9.17) is 4.42 Å². The highest BCUT2D eigenvalue weighted by Gasteiger charge is 2.31. The summed E-state index contributed by atoms with van der Waals surface area (Å²) in [4.78, 5) is 14.1. The van der Waals surface area contributed by atoms with Crippen LogP contribution in [0.4, 0.5) is 0 Å². The van der Waals surface area contributed by atoms with Crippen molar-refractivity contribution in [3.8, 4) is 0 Å². The van der Waals surface area contributed by atoms with Gasteiger partial charge in [-0.3, -0.25) is 9.69 Å². The lowest BCUT2D eigenvalue weighted by Crippen LogP contribution is -2.33. The van der Waals surface area contributed by atoms with Crippen LogP contribution in [0.15, 0.2) is 28.7 Å². The predicted octanol–water partition coefficient (Wildman–Crippen LogP) is 3.42. The second kappa shape index (κ2) is 7.58. The van der Waals surface area contributed by atoms with Gasteiger partial charge in [0.1, 0.15) is 0 Å². The Morgan fingerprint density at radius 3 is 2.58 bits per heavy atom. The number of hydrogen-bond acceptors (Lipinski definition) is 5. The van der Waals surface area contributed by atoms with Crippen LogP contribution in [0.3, 0.4) is 0 Å². The second-order valence-electron chi connectivity index (χ2n) is 7.36. The molecule has 2 aliphatic rings. The van der Waals surface area contributed by atoms with Gasteiger partial charge in [-0.25, -0.2) is 0 Å². The van der Waals surface area contributed by atoms with E-state index < -0.39 is 0 Å². The molecule has 2 fully saturated rings. The zero-order valence-corrected chi connectivity index (χ0v) is 15.3. The first-order valence-electron chi connectivity index (χ1n) is 9.63. The first-order valence-corrected chi connectivity index (χ1v) is 9.63. The van der Waals surface area contributed by atoms with Gasteiger partial charge in [0.05, 0.1) is 6.04 Å². The zero-order chi connectivity index (χ0) is 17.9. The summed E-state index contributed by atoms with van der Waals surface area (Å²) in [5, 5.41) is 11.3. The third-order valence-corrected chi connectivity index (χ3v) is 5.64. The smallest absolute Gasteiger partial charge is 0.251 e. The largest absolute Gasteiger partial charge is 0.423 e. The van der Waals surface area contributed by atoms with E-state index in [2.05, 4.69) is 20.4 Å². The van der Waals surface area contributed by atoms with Crippen molar-refractivity contribution >= 4 is 5.91 Å². The summed E-state index contributed by atoms with van der Waals surface area (Å²) in [7, 11) is 1.65. The minimum Gasteiger partial charge on any atom is -0.423 e. The number of amides is 1. The van der Waals surface area contributed by atoms with Crippen molar-refractivity contribution in [2.75, 3.05) is 13.6 Å². The number of benzene rings is 1. The minimum atomic E-state index is -0.0539. The Morgan fingerprint density at radius 2 is 1.88 bits per heavy atom. The van der Waals surface area contributed by atoms with E-state index in [9.17, 15) is 4.79 Å². The lowest BCUT2D eigenvalue weighted by atomic mass is 9.85. The molecule has 6 nitrogen and oxygen atoms in total. The summed E-state index contributed by atoms with van der Waals surface area (Å²) in [6.45, 7) is 1.86. The molecule has 1 aromatic carbocycles. The fraction of sp³-hybridized carbons (Fsp3) is 0.550. The van der Waals surface area contributed by atoms with Crippen molar-refractivity contribution in [2.24, 2.45) is 0 Å². The number of aromatic nitrogens is 2. The van der Waals surface area contributed by atoms with Crippen LogP contribution in [0.5, 0.6) is 0 Å². The van der Waals surface area contributed by atoms with Crippen molar-refractivity contribution < 1.29 is 9.21 Å². The molecule has 1 amide bonds. The van der Waals surface area contributed by atoms with E-state index in [0.717, 1.165) is 31.3 Å². The Balaban J connectivity index is 1.47. The van der Waals surface area contributed by atoms with Crippen molar-refractivity contribution in [2.45, 2.75) is 57.0 Å². The van der Waals surface area contributed by atoms with Crippen molar-refractivity contribution in [3.63, 3.8) is 0 Å². The fourth-order valence-electron chi connectivity index (χ4n) is 3.80. The Kier molecular flexibility index (Phi) is 5.02. The number of rotatable bonds is 5. The van der Waals surface area contributed by atoms with Crippen molar-refractivity contribution in [3.05, 3.63) is 47.2 Å². The lowest BCUT2D eigenvalue weighted by Gasteiger charge is -2.33. The lowest BCUT2D eigenvalue weighted by molar-refractivity contribution is 0.0963. The van der Waals surface area contributed by atoms with Gasteiger partial charge in [0, 0.05) is 25.1 Å². The summed E-state index contributed by atoms with van der Waals surface area (Å²) in [6, 6.07) is 8.03. The molecule has 6 heteroatoms. The average Bonchev–Trinajstić information content (AvgIpc) is 3.10. The normalized spacial score (nSPS) is 21.3. The number of nitrogens with zero attached hydrogens (tertiary/aromatic N) is 3. The van der Waals surface area contributed by atoms with Crippen molar-refractivity contribution in [1.82, 2.24) is 20.4 Å². The number of hydrogen-bond donors (Lipinski definition) is 1. The molecule has 0 unspecified atom stereocenters. The van der Waals surface area contributed by atoms with Crippen LogP contribution in [0.2, 0.25) is 0 Å². The fourth-order valence-corrected chi connectivity index (χ4v) is 3.80. The third-order valence-electron chi connectivity index (χ3n) is 5.64. The third kappa shape index (κ3) is 3.51. The number of carbonyl (C=O) groups is 1. The number of piperidine rings is 1. The molecule has 2 heterocycles. The maximum atomic E-state index is 11.7. The molecule has 1 atom stereocenters. The topological polar surface area (TPSA) is 71.3 Å². The van der Waals surface area contributed by atoms with Gasteiger partial charge in [-0.2, -0.15) is 0 Å². The van der Waals surface area contributed by atoms with E-state index in [1.165, 1.54) is 37.7 Å². The Hall–Kier alpha value is -2.21. The van der Waals surface area contributed by atoms with Crippen LogP contribution in [0.25, 0.3) is 0 Å². The zero-order valence-electron chi connectivity index (χ0n) is 15.3. The van der Waals surface area contributed by atoms with E-state index >= 15 is 0 Å². The van der Waals surface area contributed by atoms with Gasteiger partial charge in [0.2, 0.25) is 11.8 Å². The molecular formula is C20H26N4O2.